The van der Waals surface area contributed by atoms with Gasteiger partial charge in [0.25, 0.3) is 0 Å². The number of carbonyl (C=O) groups is 2. The molecule has 6 rings (SSSR count). The smallest absolute Gasteiger partial charge is 0.335 e. The van der Waals surface area contributed by atoms with Crippen LogP contribution in [0.25, 0.3) is 11.1 Å². The number of amides is 1. The Kier molecular flexibility index (Phi) is 10.6. The molecule has 0 aromatic heterocycles. The predicted molar refractivity (Wildman–Crippen MR) is 183 cm³/mol. The first kappa shape index (κ1) is 36.9. The number of β-lactam (4-membered cyclic amide) rings is 1. The lowest BCUT2D eigenvalue weighted by molar-refractivity contribution is -0.223. The first-order valence-electron chi connectivity index (χ1n) is 16.3. The number of aliphatic hydroxyl groups is 4. The highest BCUT2D eigenvalue weighted by Gasteiger charge is 2.50. The number of nitrogens with zero attached hydrogens (tertiary/aromatic N) is 1. The summed E-state index contributed by atoms with van der Waals surface area (Å²) < 4.78 is 49.1. The van der Waals surface area contributed by atoms with Crippen LogP contribution in [-0.2, 0) is 24.4 Å². The van der Waals surface area contributed by atoms with E-state index in [0.717, 1.165) is 0 Å². The normalized spacial score (nSPS) is 25.3. The van der Waals surface area contributed by atoms with Gasteiger partial charge in [-0.25, -0.2) is 9.18 Å². The van der Waals surface area contributed by atoms with E-state index >= 15 is 0 Å². The number of carbonyl (C=O) groups excluding carboxylic acids is 1. The highest BCUT2D eigenvalue weighted by atomic mass is 32.2. The van der Waals surface area contributed by atoms with Crippen LogP contribution in [-0.4, -0.2) is 87.2 Å². The van der Waals surface area contributed by atoms with Crippen LogP contribution in [0.15, 0.2) is 97.1 Å². The number of carboxylic acids is 1. The number of hydrogen-bond acceptors (Lipinski definition) is 11. The van der Waals surface area contributed by atoms with E-state index in [1.807, 2.05) is 6.07 Å². The number of phenols is 1. The lowest BCUT2D eigenvalue weighted by Crippen LogP contribution is -2.61. The van der Waals surface area contributed by atoms with Crippen LogP contribution in [0.4, 0.5) is 10.1 Å². The molecule has 2 aliphatic rings. The van der Waals surface area contributed by atoms with Crippen molar-refractivity contribution in [3.63, 3.8) is 0 Å². The second kappa shape index (κ2) is 15.0. The van der Waals surface area contributed by atoms with Crippen molar-refractivity contribution in [2.45, 2.75) is 55.5 Å². The molecule has 2 heterocycles. The molecule has 274 valence electrons. The van der Waals surface area contributed by atoms with Gasteiger partial charge >= 0.3 is 16.1 Å². The van der Waals surface area contributed by atoms with Crippen LogP contribution in [0.1, 0.15) is 36.1 Å². The van der Waals surface area contributed by atoms with Gasteiger partial charge in [0.05, 0.1) is 18.1 Å². The van der Waals surface area contributed by atoms with Crippen molar-refractivity contribution in [1.82, 2.24) is 0 Å². The molecule has 1 amide bonds. The molecule has 6 N–H and O–H groups in total. The Bertz CT molecular complexity index is 2010. The molecule has 0 spiro atoms. The fourth-order valence-electron chi connectivity index (χ4n) is 6.60. The van der Waals surface area contributed by atoms with Gasteiger partial charge in [0.1, 0.15) is 47.5 Å². The number of ether oxygens (including phenoxy) is 1. The van der Waals surface area contributed by atoms with Crippen molar-refractivity contribution in [1.29, 1.82) is 0 Å². The number of aliphatic hydroxyl groups excluding tert-OH is 4. The van der Waals surface area contributed by atoms with Crippen LogP contribution in [0.3, 0.4) is 0 Å². The summed E-state index contributed by atoms with van der Waals surface area (Å²) in [6, 6.07) is 24.6. The van der Waals surface area contributed by atoms with E-state index in [1.165, 1.54) is 54.6 Å². The van der Waals surface area contributed by atoms with E-state index in [1.54, 1.807) is 41.3 Å². The van der Waals surface area contributed by atoms with Crippen molar-refractivity contribution in [2.24, 2.45) is 5.92 Å². The van der Waals surface area contributed by atoms with Crippen molar-refractivity contribution in [3.8, 4) is 22.6 Å². The molecule has 2 aliphatic heterocycles. The van der Waals surface area contributed by atoms with Gasteiger partial charge < -0.3 is 44.5 Å². The molecule has 13 nitrogen and oxygen atoms in total. The topological polar surface area (TPSA) is 211 Å². The number of halogens is 1. The Morgan fingerprint density at radius 1 is 0.885 bits per heavy atom. The van der Waals surface area contributed by atoms with Gasteiger partial charge in [0.2, 0.25) is 5.91 Å². The Hall–Kier alpha value is -4.90. The number of carboxylic acid groups (broad SMARTS) is 1. The summed E-state index contributed by atoms with van der Waals surface area (Å²) in [6.45, 7) is 0. The molecule has 8 atom stereocenters. The van der Waals surface area contributed by atoms with Crippen LogP contribution in [0, 0.1) is 11.7 Å². The number of para-hydroxylation sites is 1. The molecule has 0 radical (unpaired) electrons. The van der Waals surface area contributed by atoms with E-state index in [9.17, 15) is 53.0 Å². The minimum Gasteiger partial charge on any atom is -0.508 e. The highest BCUT2D eigenvalue weighted by molar-refractivity contribution is 7.87. The van der Waals surface area contributed by atoms with Crippen LogP contribution < -0.4 is 9.08 Å². The van der Waals surface area contributed by atoms with Gasteiger partial charge in [-0.15, -0.1) is 0 Å². The summed E-state index contributed by atoms with van der Waals surface area (Å²) in [7, 11) is -4.49. The molecule has 15 heteroatoms. The molecule has 4 aromatic rings. The van der Waals surface area contributed by atoms with E-state index in [4.69, 9.17) is 8.92 Å². The van der Waals surface area contributed by atoms with Crippen LogP contribution in [0.5, 0.6) is 11.5 Å². The number of anilines is 1. The van der Waals surface area contributed by atoms with Crippen molar-refractivity contribution in [3.05, 3.63) is 114 Å². The number of hydrogen-bond donors (Lipinski definition) is 6. The zero-order valence-corrected chi connectivity index (χ0v) is 28.2. The SMILES string of the molecule is O=C(O)C1O[C@@H](CS(=O)(=O)Oc2ccc(-c3ccc([C@@H]4[C@@H](CC[C@H](O)c5ccc(F)cc5)C(=O)N4c4ccccc4)c(O)c3)cc2)[C@@H](O)C(O)[C@@H]1O. The second-order valence-electron chi connectivity index (χ2n) is 12.8. The van der Waals surface area contributed by atoms with Crippen molar-refractivity contribution >= 4 is 27.7 Å². The Labute approximate surface area is 297 Å². The first-order chi connectivity index (χ1) is 24.7. The van der Waals surface area contributed by atoms with Gasteiger partial charge in [0.15, 0.2) is 6.10 Å². The number of phenolic OH excluding ortho intramolecular Hbond substituents is 1. The molecular formula is C37H36FNO12S. The minimum atomic E-state index is -4.49. The highest BCUT2D eigenvalue weighted by Crippen LogP contribution is 2.49. The average Bonchev–Trinajstić information content (AvgIpc) is 3.11. The predicted octanol–water partition coefficient (Wildman–Crippen LogP) is 3.06. The Morgan fingerprint density at radius 2 is 1.54 bits per heavy atom. The minimum absolute atomic E-state index is 0.0964. The summed E-state index contributed by atoms with van der Waals surface area (Å²) >= 11 is 0. The van der Waals surface area contributed by atoms with Gasteiger partial charge in [-0.3, -0.25) is 4.79 Å². The fourth-order valence-corrected chi connectivity index (χ4v) is 7.75. The molecule has 0 aliphatic carbocycles. The molecule has 0 bridgehead atoms. The van der Waals surface area contributed by atoms with Crippen LogP contribution >= 0.6 is 0 Å². The van der Waals surface area contributed by atoms with Crippen LogP contribution in [0.2, 0.25) is 0 Å². The molecule has 2 unspecified atom stereocenters. The molecule has 2 saturated heterocycles. The van der Waals surface area contributed by atoms with Gasteiger partial charge in [-0.2, -0.15) is 8.42 Å². The maximum Gasteiger partial charge on any atom is 0.335 e. The zero-order chi connectivity index (χ0) is 37.3. The molecule has 0 saturated carbocycles. The summed E-state index contributed by atoms with van der Waals surface area (Å²) in [5, 5.41) is 61.3. The summed E-state index contributed by atoms with van der Waals surface area (Å²) in [5.74, 6) is -4.04. The lowest BCUT2D eigenvalue weighted by atomic mass is 9.77. The summed E-state index contributed by atoms with van der Waals surface area (Å²) in [5.41, 5.74) is 2.78. The molecule has 2 fully saturated rings. The van der Waals surface area contributed by atoms with E-state index in [-0.39, 0.29) is 23.8 Å². The zero-order valence-electron chi connectivity index (χ0n) is 27.3. The fraction of sp³-hybridized carbons (Fsp3) is 0.297. The third-order valence-corrected chi connectivity index (χ3v) is 10.5. The first-order valence-corrected chi connectivity index (χ1v) is 17.9. The van der Waals surface area contributed by atoms with Gasteiger partial charge in [-0.05, 0) is 72.0 Å². The number of benzene rings is 4. The maximum atomic E-state index is 13.5. The molecular weight excluding hydrogens is 701 g/mol. The Morgan fingerprint density at radius 3 is 2.17 bits per heavy atom. The maximum absolute atomic E-state index is 13.5. The van der Waals surface area contributed by atoms with Gasteiger partial charge in [0, 0.05) is 11.3 Å². The van der Waals surface area contributed by atoms with E-state index < -0.39 is 76.2 Å². The van der Waals surface area contributed by atoms with Crippen molar-refractivity contribution in [2.75, 3.05) is 10.7 Å². The third-order valence-electron chi connectivity index (χ3n) is 9.34. The number of aliphatic carboxylic acids is 1. The lowest BCUT2D eigenvalue weighted by Gasteiger charge is -2.48. The van der Waals surface area contributed by atoms with Gasteiger partial charge in [-0.1, -0.05) is 54.6 Å². The van der Waals surface area contributed by atoms with Crippen molar-refractivity contribution < 1.29 is 62.0 Å². The monoisotopic (exact) mass is 737 g/mol. The molecule has 4 aromatic carbocycles. The summed E-state index contributed by atoms with van der Waals surface area (Å²) in [4.78, 5) is 26.4. The standard InChI is InChI=1S/C37H36FNO12S/c38-23-11-6-21(7-12-23)28(40)17-16-27-31(39(36(27)45)24-4-2-1-3-5-24)26-15-10-22(18-29(26)41)20-8-13-25(14-9-20)51-52(48,49)19-30-32(42)33(43)34(44)35(50-30)37(46)47/h1-15,18,27-28,30-35,40-44H,16-17,19H2,(H,46,47)/t27-,28+,30+,31-,32-,33?,34+,35?/m1/s1. The average molecular weight is 738 g/mol. The molecule has 52 heavy (non-hydrogen) atoms. The van der Waals surface area contributed by atoms with E-state index in [2.05, 4.69) is 0 Å². The number of rotatable bonds is 12. The largest absolute Gasteiger partial charge is 0.508 e. The summed E-state index contributed by atoms with van der Waals surface area (Å²) in [6.07, 6.45) is -9.89. The Balaban J connectivity index is 1.16. The third kappa shape index (κ3) is 7.65. The number of aromatic hydroxyl groups is 1. The quantitative estimate of drug-likeness (QED) is 0.0916. The van der Waals surface area contributed by atoms with E-state index in [0.29, 0.717) is 34.4 Å². The second-order valence-corrected chi connectivity index (χ2v) is 14.4.